The minimum Gasteiger partial charge on any atom is -0.478 e. The van der Waals surface area contributed by atoms with E-state index in [1.807, 2.05) is 31.9 Å². The Labute approximate surface area is 116 Å². The van der Waals surface area contributed by atoms with Gasteiger partial charge in [0.25, 0.3) is 0 Å². The van der Waals surface area contributed by atoms with E-state index in [0.29, 0.717) is 13.2 Å². The summed E-state index contributed by atoms with van der Waals surface area (Å²) in [6.07, 6.45) is 0.204. The number of carboxylic acids is 1. The van der Waals surface area contributed by atoms with Gasteiger partial charge in [0.05, 0.1) is 18.3 Å². The van der Waals surface area contributed by atoms with Crippen molar-refractivity contribution in [1.82, 2.24) is 0 Å². The van der Waals surface area contributed by atoms with Gasteiger partial charge in [-0.25, -0.2) is 4.79 Å². The zero-order chi connectivity index (χ0) is 13.7. The Morgan fingerprint density at radius 1 is 1.44 bits per heavy atom. The highest BCUT2D eigenvalue weighted by Gasteiger charge is 2.09. The van der Waals surface area contributed by atoms with E-state index in [-0.39, 0.29) is 11.7 Å². The molecule has 1 N–H and O–H groups in total. The Bertz CT molecular complexity index is 421. The van der Waals surface area contributed by atoms with Gasteiger partial charge in [0.1, 0.15) is 0 Å². The van der Waals surface area contributed by atoms with Crippen molar-refractivity contribution in [1.29, 1.82) is 0 Å². The van der Waals surface area contributed by atoms with Crippen LogP contribution in [-0.2, 0) is 4.74 Å². The number of hydrogen-bond donors (Lipinski definition) is 1. The maximum Gasteiger partial charge on any atom is 0.335 e. The van der Waals surface area contributed by atoms with E-state index in [9.17, 15) is 4.79 Å². The van der Waals surface area contributed by atoms with Crippen LogP contribution in [0.2, 0.25) is 0 Å². The van der Waals surface area contributed by atoms with Crippen LogP contribution in [0.3, 0.4) is 0 Å². The molecular weight excluding hydrogens is 298 g/mol. The SMILES string of the molecule is CC(C)OCCN(C)c1cc(Br)cc(C(=O)O)c1. The maximum absolute atomic E-state index is 11.0. The van der Waals surface area contributed by atoms with Crippen molar-refractivity contribution in [3.8, 4) is 0 Å². The fourth-order valence-corrected chi connectivity index (χ4v) is 1.95. The average Bonchev–Trinajstić information content (AvgIpc) is 2.27. The predicted octanol–water partition coefficient (Wildman–Crippen LogP) is 3.01. The van der Waals surface area contributed by atoms with Crippen molar-refractivity contribution in [2.45, 2.75) is 20.0 Å². The summed E-state index contributed by atoms with van der Waals surface area (Å²) in [6, 6.07) is 5.13. The molecule has 0 bridgehead atoms. The second kappa shape index (κ2) is 6.75. The van der Waals surface area contributed by atoms with E-state index in [0.717, 1.165) is 10.2 Å². The molecule has 1 aromatic carbocycles. The zero-order valence-electron chi connectivity index (χ0n) is 10.8. The quantitative estimate of drug-likeness (QED) is 0.876. The van der Waals surface area contributed by atoms with Crippen molar-refractivity contribution < 1.29 is 14.6 Å². The Kier molecular flexibility index (Phi) is 5.62. The summed E-state index contributed by atoms with van der Waals surface area (Å²) in [5, 5.41) is 9.00. The highest BCUT2D eigenvalue weighted by atomic mass is 79.9. The lowest BCUT2D eigenvalue weighted by Crippen LogP contribution is -2.24. The van der Waals surface area contributed by atoms with Crippen LogP contribution in [0.15, 0.2) is 22.7 Å². The van der Waals surface area contributed by atoms with Crippen LogP contribution in [0.1, 0.15) is 24.2 Å². The first-order valence-electron chi connectivity index (χ1n) is 5.76. The van der Waals surface area contributed by atoms with Crippen LogP contribution in [0, 0.1) is 0 Å². The second-order valence-corrected chi connectivity index (χ2v) is 5.26. The molecule has 0 aliphatic rings. The van der Waals surface area contributed by atoms with Crippen molar-refractivity contribution in [2.24, 2.45) is 0 Å². The maximum atomic E-state index is 11.0. The summed E-state index contributed by atoms with van der Waals surface area (Å²) in [6.45, 7) is 5.31. The second-order valence-electron chi connectivity index (χ2n) is 4.34. The first-order chi connectivity index (χ1) is 8.40. The molecule has 0 saturated carbocycles. The van der Waals surface area contributed by atoms with Crippen molar-refractivity contribution >= 4 is 27.6 Å². The number of carboxylic acid groups (broad SMARTS) is 1. The molecule has 100 valence electrons. The number of carbonyl (C=O) groups is 1. The highest BCUT2D eigenvalue weighted by molar-refractivity contribution is 9.10. The molecule has 0 amide bonds. The van der Waals surface area contributed by atoms with Gasteiger partial charge >= 0.3 is 5.97 Å². The van der Waals surface area contributed by atoms with Crippen molar-refractivity contribution in [3.05, 3.63) is 28.2 Å². The molecule has 0 spiro atoms. The number of rotatable bonds is 6. The number of hydrogen-bond acceptors (Lipinski definition) is 3. The van der Waals surface area contributed by atoms with Gasteiger partial charge in [-0.15, -0.1) is 0 Å². The Morgan fingerprint density at radius 2 is 2.11 bits per heavy atom. The first-order valence-corrected chi connectivity index (χ1v) is 6.56. The minimum atomic E-state index is -0.926. The standard InChI is InChI=1S/C13H18BrNO3/c1-9(2)18-5-4-15(3)12-7-10(13(16)17)6-11(14)8-12/h6-9H,4-5H2,1-3H3,(H,16,17). The van der Waals surface area contributed by atoms with E-state index >= 15 is 0 Å². The Hall–Kier alpha value is -1.07. The number of nitrogens with zero attached hydrogens (tertiary/aromatic N) is 1. The van der Waals surface area contributed by atoms with E-state index in [1.165, 1.54) is 0 Å². The van der Waals surface area contributed by atoms with Crippen molar-refractivity contribution in [2.75, 3.05) is 25.1 Å². The van der Waals surface area contributed by atoms with Gasteiger partial charge in [-0.2, -0.15) is 0 Å². The molecule has 0 aromatic heterocycles. The molecule has 1 rings (SSSR count). The fourth-order valence-electron chi connectivity index (χ4n) is 1.47. The van der Waals surface area contributed by atoms with E-state index in [2.05, 4.69) is 15.9 Å². The lowest BCUT2D eigenvalue weighted by molar-refractivity contribution is 0.0697. The Balaban J connectivity index is 2.73. The average molecular weight is 316 g/mol. The van der Waals surface area contributed by atoms with Gasteiger partial charge in [0.2, 0.25) is 0 Å². The van der Waals surface area contributed by atoms with Crippen LogP contribution in [-0.4, -0.2) is 37.4 Å². The molecule has 0 aliphatic heterocycles. The Morgan fingerprint density at radius 3 is 2.67 bits per heavy atom. The highest BCUT2D eigenvalue weighted by Crippen LogP contribution is 2.22. The van der Waals surface area contributed by atoms with Crippen LogP contribution >= 0.6 is 15.9 Å². The third-order valence-electron chi connectivity index (χ3n) is 2.45. The lowest BCUT2D eigenvalue weighted by Gasteiger charge is -2.20. The zero-order valence-corrected chi connectivity index (χ0v) is 12.4. The molecule has 0 fully saturated rings. The number of halogens is 1. The summed E-state index contributed by atoms with van der Waals surface area (Å²) in [5.74, 6) is -0.926. The molecule has 1 aromatic rings. The molecule has 0 radical (unpaired) electrons. The van der Waals surface area contributed by atoms with E-state index < -0.39 is 5.97 Å². The largest absolute Gasteiger partial charge is 0.478 e. The van der Waals surface area contributed by atoms with Crippen LogP contribution in [0.5, 0.6) is 0 Å². The minimum absolute atomic E-state index is 0.204. The number of anilines is 1. The molecule has 18 heavy (non-hydrogen) atoms. The molecule has 0 saturated heterocycles. The van der Waals surface area contributed by atoms with Gasteiger partial charge in [0.15, 0.2) is 0 Å². The van der Waals surface area contributed by atoms with Gasteiger partial charge in [-0.05, 0) is 32.0 Å². The monoisotopic (exact) mass is 315 g/mol. The van der Waals surface area contributed by atoms with E-state index in [4.69, 9.17) is 9.84 Å². The summed E-state index contributed by atoms with van der Waals surface area (Å²) in [4.78, 5) is 12.9. The van der Waals surface area contributed by atoms with Crippen LogP contribution < -0.4 is 4.90 Å². The summed E-state index contributed by atoms with van der Waals surface area (Å²) in [5.41, 5.74) is 1.13. The first kappa shape index (κ1) is 15.0. The number of likely N-dealkylation sites (N-methyl/N-ethyl adjacent to an activating group) is 1. The molecule has 0 aliphatic carbocycles. The van der Waals surface area contributed by atoms with Crippen LogP contribution in [0.4, 0.5) is 5.69 Å². The summed E-state index contributed by atoms with van der Waals surface area (Å²) >= 11 is 3.32. The normalized spacial score (nSPS) is 10.7. The molecular formula is C13H18BrNO3. The van der Waals surface area contributed by atoms with Gasteiger partial charge in [-0.3, -0.25) is 0 Å². The predicted molar refractivity (Wildman–Crippen MR) is 75.5 cm³/mol. The van der Waals surface area contributed by atoms with Crippen molar-refractivity contribution in [3.63, 3.8) is 0 Å². The van der Waals surface area contributed by atoms with Gasteiger partial charge in [-0.1, -0.05) is 15.9 Å². The number of aromatic carboxylic acids is 1. The smallest absolute Gasteiger partial charge is 0.335 e. The molecule has 4 nitrogen and oxygen atoms in total. The summed E-state index contributed by atoms with van der Waals surface area (Å²) in [7, 11) is 1.91. The lowest BCUT2D eigenvalue weighted by atomic mass is 10.2. The fraction of sp³-hybridized carbons (Fsp3) is 0.462. The molecule has 5 heteroatoms. The molecule has 0 atom stereocenters. The third-order valence-corrected chi connectivity index (χ3v) is 2.91. The number of benzene rings is 1. The van der Waals surface area contributed by atoms with Crippen LogP contribution in [0.25, 0.3) is 0 Å². The van der Waals surface area contributed by atoms with E-state index in [1.54, 1.807) is 12.1 Å². The molecule has 0 unspecified atom stereocenters. The number of ether oxygens (including phenoxy) is 1. The third kappa shape index (κ3) is 4.66. The summed E-state index contributed by atoms with van der Waals surface area (Å²) < 4.78 is 6.23. The molecule has 0 heterocycles. The topological polar surface area (TPSA) is 49.8 Å². The van der Waals surface area contributed by atoms with Gasteiger partial charge < -0.3 is 14.7 Å². The van der Waals surface area contributed by atoms with Gasteiger partial charge in [0, 0.05) is 23.8 Å².